The van der Waals surface area contributed by atoms with Gasteiger partial charge in [-0.2, -0.15) is 0 Å². The summed E-state index contributed by atoms with van der Waals surface area (Å²) in [5.74, 6) is -1.98. The van der Waals surface area contributed by atoms with E-state index in [0.29, 0.717) is 32.4 Å². The average Bonchev–Trinajstić information content (AvgIpc) is 3.54. The van der Waals surface area contributed by atoms with E-state index in [1.807, 2.05) is 44.2 Å². The van der Waals surface area contributed by atoms with Crippen LogP contribution >= 0.6 is 0 Å². The molecule has 0 radical (unpaired) electrons. The van der Waals surface area contributed by atoms with E-state index in [-0.39, 0.29) is 30.4 Å². The number of carbonyl (C=O) groups excluding carboxylic acids is 5. The van der Waals surface area contributed by atoms with E-state index in [2.05, 4.69) is 25.9 Å². The summed E-state index contributed by atoms with van der Waals surface area (Å²) in [5, 5.41) is 8.23. The Bertz CT molecular complexity index is 1280. The molecule has 3 N–H and O–H groups in total. The minimum Gasteiger partial charge on any atom is -0.361 e. The van der Waals surface area contributed by atoms with Crippen molar-refractivity contribution in [2.75, 3.05) is 19.7 Å². The first-order valence-corrected chi connectivity index (χ1v) is 14.2. The van der Waals surface area contributed by atoms with Crippen molar-refractivity contribution in [3.05, 3.63) is 60.2 Å². The number of aromatic nitrogens is 2. The predicted octanol–water partition coefficient (Wildman–Crippen LogP) is 0.814. The monoisotopic (exact) mass is 578 g/mol. The molecule has 2 aromatic rings. The van der Waals surface area contributed by atoms with Gasteiger partial charge in [-0.3, -0.25) is 29.0 Å². The van der Waals surface area contributed by atoms with Crippen molar-refractivity contribution in [2.45, 2.75) is 70.2 Å². The topological polar surface area (TPSA) is 163 Å². The predicted molar refractivity (Wildman–Crippen MR) is 152 cm³/mol. The molecule has 0 spiro atoms. The van der Waals surface area contributed by atoms with Gasteiger partial charge in [0.25, 0.3) is 5.91 Å². The standard InChI is InChI=1S/C30H38N6O6/c1-19(2)14-21(26(38)30(3)18-42-30)34-28(40)22(15-20-8-5-4-6-9-20)35-29(41)24-10-7-13-36(24)25(37)17-33-27(39)23-16-31-11-12-32-23/h4-6,8-9,11-12,16,19,21-22,24H,7,10,13-15,17-18H2,1-3H3,(H,33,39)(H,34,40)(H,35,41)/t21?,22-,24-,30+/m0/s1. The summed E-state index contributed by atoms with van der Waals surface area (Å²) in [6.45, 7) is 5.98. The van der Waals surface area contributed by atoms with E-state index in [4.69, 9.17) is 4.74 Å². The van der Waals surface area contributed by atoms with Crippen molar-refractivity contribution in [3.63, 3.8) is 0 Å². The molecule has 42 heavy (non-hydrogen) atoms. The van der Waals surface area contributed by atoms with Crippen LogP contribution in [0, 0.1) is 5.92 Å². The average molecular weight is 579 g/mol. The first-order chi connectivity index (χ1) is 20.1. The first-order valence-electron chi connectivity index (χ1n) is 14.2. The van der Waals surface area contributed by atoms with E-state index < -0.39 is 47.4 Å². The Balaban J connectivity index is 1.44. The number of Topliss-reactive ketones (excluding diaryl/α,β-unsaturated/α-hetero) is 1. The second kappa shape index (κ2) is 13.6. The lowest BCUT2D eigenvalue weighted by atomic mass is 9.93. The molecule has 4 rings (SSSR count). The van der Waals surface area contributed by atoms with Gasteiger partial charge in [-0.1, -0.05) is 44.2 Å². The molecule has 12 nitrogen and oxygen atoms in total. The van der Waals surface area contributed by atoms with Gasteiger partial charge in [0.1, 0.15) is 23.4 Å². The molecule has 4 amide bonds. The Kier molecular flexibility index (Phi) is 10.00. The van der Waals surface area contributed by atoms with Crippen LogP contribution in [0.25, 0.3) is 0 Å². The maximum atomic E-state index is 13.6. The number of benzene rings is 1. The fourth-order valence-corrected chi connectivity index (χ4v) is 5.02. The molecule has 1 aromatic heterocycles. The largest absolute Gasteiger partial charge is 0.361 e. The third-order valence-corrected chi connectivity index (χ3v) is 7.43. The summed E-state index contributed by atoms with van der Waals surface area (Å²) in [4.78, 5) is 74.7. The molecule has 2 aliphatic rings. The molecule has 0 aliphatic carbocycles. The second-order valence-electron chi connectivity index (χ2n) is 11.3. The van der Waals surface area contributed by atoms with E-state index in [1.54, 1.807) is 6.92 Å². The summed E-state index contributed by atoms with van der Waals surface area (Å²) in [6.07, 6.45) is 5.75. The van der Waals surface area contributed by atoms with Crippen LogP contribution in [0.4, 0.5) is 0 Å². The van der Waals surface area contributed by atoms with Crippen LogP contribution in [0.2, 0.25) is 0 Å². The Morgan fingerprint density at radius 2 is 1.81 bits per heavy atom. The maximum absolute atomic E-state index is 13.6. The number of amides is 4. The summed E-state index contributed by atoms with van der Waals surface area (Å²) in [7, 11) is 0. The summed E-state index contributed by atoms with van der Waals surface area (Å²) in [5.41, 5.74) is -0.00127. The molecule has 2 fully saturated rings. The zero-order valence-corrected chi connectivity index (χ0v) is 24.2. The number of carbonyl (C=O) groups is 5. The molecular formula is C30H38N6O6. The molecule has 0 bridgehead atoms. The molecule has 224 valence electrons. The molecule has 0 saturated carbocycles. The van der Waals surface area contributed by atoms with Gasteiger partial charge in [0.2, 0.25) is 17.7 Å². The lowest BCUT2D eigenvalue weighted by Gasteiger charge is -2.28. The van der Waals surface area contributed by atoms with Crippen molar-refractivity contribution < 1.29 is 28.7 Å². The highest BCUT2D eigenvalue weighted by Gasteiger charge is 2.50. The second-order valence-corrected chi connectivity index (χ2v) is 11.3. The van der Waals surface area contributed by atoms with Gasteiger partial charge in [0.05, 0.1) is 25.4 Å². The molecule has 2 aliphatic heterocycles. The minimum atomic E-state index is -0.982. The summed E-state index contributed by atoms with van der Waals surface area (Å²) < 4.78 is 5.34. The fourth-order valence-electron chi connectivity index (χ4n) is 5.02. The minimum absolute atomic E-state index is 0.0762. The number of ketones is 1. The number of hydrogen-bond acceptors (Lipinski definition) is 8. The van der Waals surface area contributed by atoms with Crippen molar-refractivity contribution in [3.8, 4) is 0 Å². The van der Waals surface area contributed by atoms with Crippen molar-refractivity contribution in [1.82, 2.24) is 30.8 Å². The van der Waals surface area contributed by atoms with Gasteiger partial charge in [0.15, 0.2) is 5.78 Å². The van der Waals surface area contributed by atoms with Crippen LogP contribution < -0.4 is 16.0 Å². The van der Waals surface area contributed by atoms with E-state index in [0.717, 1.165) is 5.56 Å². The number of rotatable bonds is 13. The molecule has 2 saturated heterocycles. The quantitative estimate of drug-likeness (QED) is 0.294. The number of nitrogens with one attached hydrogen (secondary N) is 3. The highest BCUT2D eigenvalue weighted by atomic mass is 16.6. The third kappa shape index (κ3) is 7.96. The highest BCUT2D eigenvalue weighted by Crippen LogP contribution is 2.29. The summed E-state index contributed by atoms with van der Waals surface area (Å²) >= 11 is 0. The van der Waals surface area contributed by atoms with Gasteiger partial charge >= 0.3 is 0 Å². The van der Waals surface area contributed by atoms with Crippen LogP contribution in [0.5, 0.6) is 0 Å². The van der Waals surface area contributed by atoms with Gasteiger partial charge < -0.3 is 25.6 Å². The SMILES string of the molecule is CC(C)CC(NC(=O)[C@H](Cc1ccccc1)NC(=O)[C@@H]1CCCN1C(=O)CNC(=O)c1cnccn1)C(=O)[C@@]1(C)CO1. The van der Waals surface area contributed by atoms with Crippen molar-refractivity contribution in [1.29, 1.82) is 0 Å². The fraction of sp³-hybridized carbons (Fsp3) is 0.500. The zero-order valence-electron chi connectivity index (χ0n) is 24.2. The van der Waals surface area contributed by atoms with Crippen LogP contribution in [-0.2, 0) is 30.3 Å². The Morgan fingerprint density at radius 1 is 1.07 bits per heavy atom. The van der Waals surface area contributed by atoms with E-state index >= 15 is 0 Å². The smallest absolute Gasteiger partial charge is 0.271 e. The van der Waals surface area contributed by atoms with Crippen LogP contribution in [0.3, 0.4) is 0 Å². The molecule has 1 unspecified atom stereocenters. The van der Waals surface area contributed by atoms with Crippen LogP contribution in [0.1, 0.15) is 56.1 Å². The van der Waals surface area contributed by atoms with Crippen LogP contribution in [-0.4, -0.2) is 87.7 Å². The normalized spacial score (nSPS) is 20.9. The van der Waals surface area contributed by atoms with Gasteiger partial charge in [-0.05, 0) is 37.7 Å². The van der Waals surface area contributed by atoms with Gasteiger partial charge in [-0.25, -0.2) is 4.98 Å². The van der Waals surface area contributed by atoms with Crippen molar-refractivity contribution >= 4 is 29.4 Å². The van der Waals surface area contributed by atoms with Gasteiger partial charge in [0, 0.05) is 25.4 Å². The number of hydrogen-bond donors (Lipinski definition) is 3. The Labute approximate surface area is 245 Å². The lowest BCUT2D eigenvalue weighted by molar-refractivity contribution is -0.139. The number of ether oxygens (including phenoxy) is 1. The Morgan fingerprint density at radius 3 is 2.45 bits per heavy atom. The highest BCUT2D eigenvalue weighted by molar-refractivity contribution is 5.99. The number of epoxide rings is 1. The third-order valence-electron chi connectivity index (χ3n) is 7.43. The molecule has 12 heteroatoms. The maximum Gasteiger partial charge on any atom is 0.271 e. The molecular weight excluding hydrogens is 540 g/mol. The Hall–Kier alpha value is -4.19. The first kappa shape index (κ1) is 30.8. The number of nitrogens with zero attached hydrogens (tertiary/aromatic N) is 3. The zero-order chi connectivity index (χ0) is 30.3. The van der Waals surface area contributed by atoms with E-state index in [9.17, 15) is 24.0 Å². The molecule has 3 heterocycles. The number of likely N-dealkylation sites (tertiary alicyclic amines) is 1. The van der Waals surface area contributed by atoms with Crippen LogP contribution in [0.15, 0.2) is 48.9 Å². The lowest BCUT2D eigenvalue weighted by Crippen LogP contribution is -2.57. The van der Waals surface area contributed by atoms with Crippen molar-refractivity contribution in [2.24, 2.45) is 5.92 Å². The van der Waals surface area contributed by atoms with Gasteiger partial charge in [-0.15, -0.1) is 0 Å². The molecule has 1 aromatic carbocycles. The van der Waals surface area contributed by atoms with E-state index in [1.165, 1.54) is 23.5 Å². The molecule has 4 atom stereocenters. The summed E-state index contributed by atoms with van der Waals surface area (Å²) in [6, 6.07) is 6.71.